The lowest BCUT2D eigenvalue weighted by Crippen LogP contribution is -1.94. The van der Waals surface area contributed by atoms with E-state index in [1.54, 1.807) is 0 Å². The third kappa shape index (κ3) is 5.22. The molecule has 0 spiro atoms. The van der Waals surface area contributed by atoms with Crippen molar-refractivity contribution in [2.75, 3.05) is 0 Å². The summed E-state index contributed by atoms with van der Waals surface area (Å²) in [5.41, 5.74) is 13.9. The maximum atomic E-state index is 5.21. The number of hydrogen-bond donors (Lipinski definition) is 0. The average Bonchev–Trinajstić information content (AvgIpc) is 3.59. The SMILES string of the molecule is c1ccc(-c2ccc3c(c2)c2cc(-c4ccccc4)ccc2n3-c2ccc(-c3ccc(-c4nc5ccccc5c5c4ccc4ccccc45)cc3)cc2)cc1. The third-order valence-corrected chi connectivity index (χ3v) is 11.2. The van der Waals surface area contributed by atoms with Crippen molar-refractivity contribution < 1.29 is 0 Å². The van der Waals surface area contributed by atoms with E-state index < -0.39 is 0 Å². The van der Waals surface area contributed by atoms with Gasteiger partial charge >= 0.3 is 0 Å². The van der Waals surface area contributed by atoms with Crippen LogP contribution in [0.2, 0.25) is 0 Å². The van der Waals surface area contributed by atoms with E-state index in [0.717, 1.165) is 22.5 Å². The third-order valence-electron chi connectivity index (χ3n) is 11.2. The molecule has 2 nitrogen and oxygen atoms in total. The molecular weight excluding hydrogens is 665 g/mol. The Labute approximate surface area is 319 Å². The molecule has 0 aliphatic heterocycles. The predicted octanol–water partition coefficient (Wildman–Crippen LogP) is 14.3. The van der Waals surface area contributed by atoms with Crippen molar-refractivity contribution in [3.63, 3.8) is 0 Å². The lowest BCUT2D eigenvalue weighted by atomic mass is 9.94. The summed E-state index contributed by atoms with van der Waals surface area (Å²) in [5, 5.41) is 8.61. The lowest BCUT2D eigenvalue weighted by Gasteiger charge is -2.13. The molecule has 11 rings (SSSR count). The number of nitrogens with zero attached hydrogens (tertiary/aromatic N) is 2. The first-order chi connectivity index (χ1) is 27.3. The fourth-order valence-electron chi connectivity index (χ4n) is 8.49. The molecule has 2 heterocycles. The van der Waals surface area contributed by atoms with Crippen LogP contribution in [0.5, 0.6) is 0 Å². The molecular formula is C53H34N2. The van der Waals surface area contributed by atoms with E-state index in [9.17, 15) is 0 Å². The van der Waals surface area contributed by atoms with E-state index >= 15 is 0 Å². The second kappa shape index (κ2) is 12.7. The molecule has 0 aliphatic rings. The van der Waals surface area contributed by atoms with Gasteiger partial charge in [0.2, 0.25) is 0 Å². The van der Waals surface area contributed by atoms with Crippen LogP contribution in [0.3, 0.4) is 0 Å². The summed E-state index contributed by atoms with van der Waals surface area (Å²) in [5.74, 6) is 0. The average molecular weight is 699 g/mol. The molecule has 0 radical (unpaired) electrons. The Kier molecular flexibility index (Phi) is 7.21. The van der Waals surface area contributed by atoms with Gasteiger partial charge in [-0.2, -0.15) is 0 Å². The highest BCUT2D eigenvalue weighted by molar-refractivity contribution is 6.22. The Morgan fingerprint density at radius 1 is 0.309 bits per heavy atom. The molecule has 0 saturated carbocycles. The molecule has 0 unspecified atom stereocenters. The van der Waals surface area contributed by atoms with Gasteiger partial charge in [-0.25, -0.2) is 4.98 Å². The highest BCUT2D eigenvalue weighted by Crippen LogP contribution is 2.39. The molecule has 0 N–H and O–H groups in total. The zero-order chi connectivity index (χ0) is 36.3. The largest absolute Gasteiger partial charge is 0.309 e. The molecule has 2 aromatic heterocycles. The highest BCUT2D eigenvalue weighted by Gasteiger charge is 2.16. The van der Waals surface area contributed by atoms with Crippen LogP contribution in [0.15, 0.2) is 206 Å². The highest BCUT2D eigenvalue weighted by atomic mass is 15.0. The quantitative estimate of drug-likeness (QED) is 0.164. The fraction of sp³-hybridized carbons (Fsp3) is 0. The first-order valence-electron chi connectivity index (χ1n) is 18.9. The summed E-state index contributed by atoms with van der Waals surface area (Å²) in [6.45, 7) is 0. The molecule has 2 heteroatoms. The molecule has 0 saturated heterocycles. The smallest absolute Gasteiger partial charge is 0.0788 e. The summed E-state index contributed by atoms with van der Waals surface area (Å²) in [7, 11) is 0. The second-order valence-corrected chi connectivity index (χ2v) is 14.3. The van der Waals surface area contributed by atoms with Gasteiger partial charge in [0.05, 0.1) is 22.2 Å². The molecule has 0 amide bonds. The zero-order valence-corrected chi connectivity index (χ0v) is 30.0. The fourth-order valence-corrected chi connectivity index (χ4v) is 8.49. The first-order valence-corrected chi connectivity index (χ1v) is 18.9. The van der Waals surface area contributed by atoms with Crippen LogP contribution < -0.4 is 0 Å². The Hall–Kier alpha value is -7.29. The molecule has 0 atom stereocenters. The normalized spacial score (nSPS) is 11.6. The van der Waals surface area contributed by atoms with Crippen molar-refractivity contribution in [3.8, 4) is 50.3 Å². The monoisotopic (exact) mass is 698 g/mol. The van der Waals surface area contributed by atoms with Crippen LogP contribution in [-0.2, 0) is 0 Å². The van der Waals surface area contributed by atoms with Gasteiger partial charge in [0.25, 0.3) is 0 Å². The minimum Gasteiger partial charge on any atom is -0.309 e. The summed E-state index contributed by atoms with van der Waals surface area (Å²) in [6.07, 6.45) is 0. The van der Waals surface area contributed by atoms with E-state index in [-0.39, 0.29) is 0 Å². The van der Waals surface area contributed by atoms with Crippen LogP contribution >= 0.6 is 0 Å². The van der Waals surface area contributed by atoms with E-state index in [1.165, 1.54) is 82.1 Å². The zero-order valence-electron chi connectivity index (χ0n) is 30.0. The van der Waals surface area contributed by atoms with Crippen LogP contribution in [0, 0.1) is 0 Å². The summed E-state index contributed by atoms with van der Waals surface area (Å²) < 4.78 is 2.40. The number of fused-ring (bicyclic) bond motifs is 8. The minimum atomic E-state index is 1.01. The van der Waals surface area contributed by atoms with E-state index in [2.05, 4.69) is 211 Å². The number of aromatic nitrogens is 2. The molecule has 256 valence electrons. The van der Waals surface area contributed by atoms with Gasteiger partial charge in [-0.15, -0.1) is 0 Å². The van der Waals surface area contributed by atoms with Crippen LogP contribution in [-0.4, -0.2) is 9.55 Å². The minimum absolute atomic E-state index is 1.01. The number of rotatable bonds is 5. The van der Waals surface area contributed by atoms with Gasteiger partial charge in [-0.3, -0.25) is 0 Å². The summed E-state index contributed by atoms with van der Waals surface area (Å²) >= 11 is 0. The summed E-state index contributed by atoms with van der Waals surface area (Å²) in [6, 6.07) is 74.5. The van der Waals surface area contributed by atoms with E-state index in [0.29, 0.717) is 0 Å². The van der Waals surface area contributed by atoms with Crippen molar-refractivity contribution in [2.45, 2.75) is 0 Å². The van der Waals surface area contributed by atoms with Crippen LogP contribution in [0.4, 0.5) is 0 Å². The molecule has 0 fully saturated rings. The van der Waals surface area contributed by atoms with Crippen molar-refractivity contribution in [2.24, 2.45) is 0 Å². The van der Waals surface area contributed by atoms with Gasteiger partial charge in [0, 0.05) is 38.2 Å². The maximum Gasteiger partial charge on any atom is 0.0788 e. The molecule has 0 aliphatic carbocycles. The van der Waals surface area contributed by atoms with Gasteiger partial charge in [0.1, 0.15) is 0 Å². The second-order valence-electron chi connectivity index (χ2n) is 14.3. The van der Waals surface area contributed by atoms with Gasteiger partial charge in [-0.1, -0.05) is 164 Å². The Bertz CT molecular complexity index is 3100. The Balaban J connectivity index is 0.992. The lowest BCUT2D eigenvalue weighted by molar-refractivity contribution is 1.18. The molecule has 0 bridgehead atoms. The topological polar surface area (TPSA) is 17.8 Å². The first kappa shape index (κ1) is 31.3. The number of pyridine rings is 1. The Morgan fingerprint density at radius 2 is 0.800 bits per heavy atom. The Morgan fingerprint density at radius 3 is 1.44 bits per heavy atom. The van der Waals surface area contributed by atoms with Crippen LogP contribution in [0.1, 0.15) is 0 Å². The summed E-state index contributed by atoms with van der Waals surface area (Å²) in [4.78, 5) is 5.21. The van der Waals surface area contributed by atoms with Crippen LogP contribution in [0.25, 0.3) is 105 Å². The van der Waals surface area contributed by atoms with Gasteiger partial charge in [0.15, 0.2) is 0 Å². The standard InChI is InChI=1S/C53H34N2/c1-3-11-35(12-4-1)41-26-31-50-47(33-41)48-34-42(36-13-5-2-6-14-36)27-32-51(48)55(50)43-28-23-38(24-29-43)37-19-21-40(22-20-37)53-46-30-25-39-15-7-8-16-44(39)52(46)45-17-9-10-18-49(45)54-53/h1-34H. The molecule has 11 aromatic rings. The van der Waals surface area contributed by atoms with E-state index in [1.807, 2.05) is 0 Å². The van der Waals surface area contributed by atoms with E-state index in [4.69, 9.17) is 4.98 Å². The van der Waals surface area contributed by atoms with Crippen molar-refractivity contribution in [1.82, 2.24) is 9.55 Å². The number of benzene rings is 9. The molecule has 55 heavy (non-hydrogen) atoms. The number of hydrogen-bond acceptors (Lipinski definition) is 1. The van der Waals surface area contributed by atoms with Crippen molar-refractivity contribution in [1.29, 1.82) is 0 Å². The predicted molar refractivity (Wildman–Crippen MR) is 233 cm³/mol. The number of para-hydroxylation sites is 1. The van der Waals surface area contributed by atoms with Gasteiger partial charge < -0.3 is 4.57 Å². The maximum absolute atomic E-state index is 5.21. The molecule has 9 aromatic carbocycles. The van der Waals surface area contributed by atoms with Crippen molar-refractivity contribution in [3.05, 3.63) is 206 Å². The van der Waals surface area contributed by atoms with Gasteiger partial charge in [-0.05, 0) is 86.6 Å². The van der Waals surface area contributed by atoms with Crippen molar-refractivity contribution >= 4 is 54.3 Å².